The number of nitrogen functional groups attached to an aromatic ring is 1. The third-order valence-corrected chi connectivity index (χ3v) is 3.49. The molecule has 1 atom stereocenters. The van der Waals surface area contributed by atoms with E-state index in [9.17, 15) is 4.79 Å². The molecule has 3 N–H and O–H groups in total. The van der Waals surface area contributed by atoms with Crippen LogP contribution < -0.4 is 10.9 Å². The fourth-order valence-corrected chi connectivity index (χ4v) is 2.27. The highest BCUT2D eigenvalue weighted by Gasteiger charge is 2.21. The number of hydrogen-bond donors (Lipinski definition) is 2. The standard InChI is InChI=1S/C18H20N2O2/c1-3-16(14-9-5-4-6-10-14)18(21)22-20-17(19)15-11-7-8-13(2)12-15/h4-12,16H,3H2,1-2H3,(H2,19,20)/p+1/t16-/m1/s1. The van der Waals surface area contributed by atoms with Crippen LogP contribution in [0.25, 0.3) is 0 Å². The predicted octanol–water partition coefficient (Wildman–Crippen LogP) is 1.43. The molecule has 114 valence electrons. The summed E-state index contributed by atoms with van der Waals surface area (Å²) in [5, 5.41) is 2.56. The van der Waals surface area contributed by atoms with Crippen LogP contribution in [0.1, 0.15) is 36.0 Å². The Kier molecular flexibility index (Phi) is 5.31. The first kappa shape index (κ1) is 15.8. The maximum Gasteiger partial charge on any atom is 0.364 e. The SMILES string of the molecule is CC[C@@H](C(=O)O[NH+]=C(N)c1cccc(C)c1)c1ccccc1. The zero-order chi connectivity index (χ0) is 15.9. The monoisotopic (exact) mass is 297 g/mol. The lowest BCUT2D eigenvalue weighted by molar-refractivity contribution is -0.724. The van der Waals surface area contributed by atoms with Gasteiger partial charge in [0, 0.05) is 0 Å². The Hall–Kier alpha value is -2.62. The molecule has 0 bridgehead atoms. The fourth-order valence-electron chi connectivity index (χ4n) is 2.27. The molecule has 0 amide bonds. The van der Waals surface area contributed by atoms with Crippen LogP contribution in [0.4, 0.5) is 0 Å². The van der Waals surface area contributed by atoms with Gasteiger partial charge in [-0.25, -0.2) is 4.79 Å². The summed E-state index contributed by atoms with van der Waals surface area (Å²) in [6.45, 7) is 3.93. The van der Waals surface area contributed by atoms with Crippen LogP contribution in [0.2, 0.25) is 0 Å². The smallest absolute Gasteiger partial charge is 0.284 e. The molecule has 0 radical (unpaired) electrons. The summed E-state index contributed by atoms with van der Waals surface area (Å²) in [5.74, 6) is -0.330. The van der Waals surface area contributed by atoms with Crippen LogP contribution >= 0.6 is 0 Å². The van der Waals surface area contributed by atoms with Gasteiger partial charge in [-0.3, -0.25) is 10.6 Å². The Morgan fingerprint density at radius 1 is 1.18 bits per heavy atom. The van der Waals surface area contributed by atoms with E-state index < -0.39 is 0 Å². The van der Waals surface area contributed by atoms with E-state index >= 15 is 0 Å². The largest absolute Gasteiger partial charge is 0.364 e. The van der Waals surface area contributed by atoms with Crippen LogP contribution in [-0.4, -0.2) is 11.8 Å². The Morgan fingerprint density at radius 3 is 2.55 bits per heavy atom. The highest BCUT2D eigenvalue weighted by atomic mass is 16.7. The van der Waals surface area contributed by atoms with E-state index in [1.165, 1.54) is 0 Å². The van der Waals surface area contributed by atoms with Gasteiger partial charge in [-0.05, 0) is 31.0 Å². The van der Waals surface area contributed by atoms with Crippen molar-refractivity contribution in [2.24, 2.45) is 5.73 Å². The van der Waals surface area contributed by atoms with E-state index in [-0.39, 0.29) is 11.9 Å². The van der Waals surface area contributed by atoms with Crippen molar-refractivity contribution >= 4 is 11.8 Å². The molecule has 2 rings (SSSR count). The topological polar surface area (TPSA) is 66.3 Å². The number of nitrogens with one attached hydrogen (secondary N) is 1. The number of hydrogen-bond acceptors (Lipinski definition) is 2. The van der Waals surface area contributed by atoms with E-state index in [2.05, 4.69) is 5.16 Å². The van der Waals surface area contributed by atoms with Crippen LogP contribution in [-0.2, 0) is 9.63 Å². The Labute approximate surface area is 130 Å². The Balaban J connectivity index is 2.09. The molecule has 0 unspecified atom stereocenters. The molecule has 0 saturated heterocycles. The Morgan fingerprint density at radius 2 is 1.91 bits per heavy atom. The molecule has 0 aliphatic heterocycles. The highest BCUT2D eigenvalue weighted by molar-refractivity contribution is 5.93. The number of carbonyl (C=O) groups is 1. The molecule has 0 saturated carbocycles. The van der Waals surface area contributed by atoms with Gasteiger partial charge in [0.05, 0.1) is 11.5 Å². The van der Waals surface area contributed by atoms with Crippen molar-refractivity contribution in [3.63, 3.8) is 0 Å². The number of benzene rings is 2. The molecular weight excluding hydrogens is 276 g/mol. The number of nitrogens with two attached hydrogens (primary N) is 1. The maximum absolute atomic E-state index is 12.2. The second kappa shape index (κ2) is 7.41. The average molecular weight is 297 g/mol. The minimum absolute atomic E-state index is 0.306. The van der Waals surface area contributed by atoms with Gasteiger partial charge in [-0.1, -0.05) is 60.1 Å². The molecule has 4 nitrogen and oxygen atoms in total. The fraction of sp³-hybridized carbons (Fsp3) is 0.222. The number of amidine groups is 1. The molecule has 4 heteroatoms. The normalized spacial score (nSPS) is 12.7. The van der Waals surface area contributed by atoms with E-state index in [4.69, 9.17) is 10.6 Å². The Bertz CT molecular complexity index is 666. The first-order valence-electron chi connectivity index (χ1n) is 7.33. The van der Waals surface area contributed by atoms with Crippen molar-refractivity contribution in [2.75, 3.05) is 0 Å². The van der Waals surface area contributed by atoms with E-state index in [0.29, 0.717) is 12.3 Å². The summed E-state index contributed by atoms with van der Waals surface area (Å²) in [6, 6.07) is 17.2. The number of rotatable bonds is 5. The second-order valence-electron chi connectivity index (χ2n) is 5.18. The number of aryl methyl sites for hydroxylation is 1. The van der Waals surface area contributed by atoms with Crippen LogP contribution in [0.15, 0.2) is 54.6 Å². The third-order valence-electron chi connectivity index (χ3n) is 3.49. The summed E-state index contributed by atoms with van der Waals surface area (Å²) in [4.78, 5) is 17.4. The lowest BCUT2D eigenvalue weighted by Crippen LogP contribution is -2.76. The van der Waals surface area contributed by atoms with Crippen LogP contribution in [0.3, 0.4) is 0 Å². The summed E-state index contributed by atoms with van der Waals surface area (Å²) in [6.07, 6.45) is 0.662. The zero-order valence-electron chi connectivity index (χ0n) is 12.9. The highest BCUT2D eigenvalue weighted by Crippen LogP contribution is 2.19. The van der Waals surface area contributed by atoms with E-state index in [0.717, 1.165) is 16.7 Å². The van der Waals surface area contributed by atoms with Crippen molar-refractivity contribution in [3.8, 4) is 0 Å². The van der Waals surface area contributed by atoms with E-state index in [1.54, 1.807) is 0 Å². The van der Waals surface area contributed by atoms with Gasteiger partial charge in [0.15, 0.2) is 0 Å². The summed E-state index contributed by atoms with van der Waals surface area (Å²) >= 11 is 0. The van der Waals surface area contributed by atoms with Gasteiger partial charge in [0.25, 0.3) is 0 Å². The minimum Gasteiger partial charge on any atom is -0.284 e. The lowest BCUT2D eigenvalue weighted by Gasteiger charge is -2.10. The van der Waals surface area contributed by atoms with E-state index in [1.807, 2.05) is 68.4 Å². The molecular formula is C18H21N2O2+. The molecule has 2 aromatic rings. The predicted molar refractivity (Wildman–Crippen MR) is 86.0 cm³/mol. The molecule has 0 spiro atoms. The average Bonchev–Trinajstić information content (AvgIpc) is 2.54. The molecule has 0 heterocycles. The van der Waals surface area contributed by atoms with Gasteiger partial charge >= 0.3 is 11.8 Å². The number of carbonyl (C=O) groups excluding carboxylic acids is 1. The van der Waals surface area contributed by atoms with Crippen molar-refractivity contribution < 1.29 is 14.8 Å². The molecule has 0 aromatic heterocycles. The summed E-state index contributed by atoms with van der Waals surface area (Å²) in [5.41, 5.74) is 8.74. The third kappa shape index (κ3) is 3.95. The van der Waals surface area contributed by atoms with Crippen molar-refractivity contribution in [3.05, 3.63) is 71.3 Å². The quantitative estimate of drug-likeness (QED) is 0.380. The van der Waals surface area contributed by atoms with Crippen molar-refractivity contribution in [1.82, 2.24) is 0 Å². The van der Waals surface area contributed by atoms with Crippen LogP contribution in [0.5, 0.6) is 0 Å². The van der Waals surface area contributed by atoms with Crippen molar-refractivity contribution in [1.29, 1.82) is 0 Å². The van der Waals surface area contributed by atoms with Gasteiger partial charge in [0.1, 0.15) is 0 Å². The first-order valence-corrected chi connectivity index (χ1v) is 7.33. The zero-order valence-corrected chi connectivity index (χ0v) is 12.9. The van der Waals surface area contributed by atoms with Crippen LogP contribution in [0, 0.1) is 6.92 Å². The molecule has 0 aliphatic carbocycles. The minimum atomic E-state index is -0.343. The summed E-state index contributed by atoms with van der Waals surface area (Å²) < 4.78 is 0. The van der Waals surface area contributed by atoms with Crippen molar-refractivity contribution in [2.45, 2.75) is 26.2 Å². The molecule has 2 aromatic carbocycles. The van der Waals surface area contributed by atoms with Gasteiger partial charge in [-0.15, -0.1) is 0 Å². The lowest BCUT2D eigenvalue weighted by atomic mass is 9.97. The van der Waals surface area contributed by atoms with Gasteiger partial charge < -0.3 is 0 Å². The molecule has 22 heavy (non-hydrogen) atoms. The second-order valence-corrected chi connectivity index (χ2v) is 5.18. The van der Waals surface area contributed by atoms with Gasteiger partial charge in [-0.2, -0.15) is 0 Å². The van der Waals surface area contributed by atoms with Gasteiger partial charge in [0.2, 0.25) is 0 Å². The summed E-state index contributed by atoms with van der Waals surface area (Å²) in [7, 11) is 0. The molecule has 0 aliphatic rings. The molecule has 0 fully saturated rings. The first-order chi connectivity index (χ1) is 10.6. The maximum atomic E-state index is 12.2.